The number of piperidine rings is 1. The van der Waals surface area contributed by atoms with Gasteiger partial charge in [0.15, 0.2) is 0 Å². The molecule has 0 aliphatic carbocycles. The molecule has 2 amide bonds. The summed E-state index contributed by atoms with van der Waals surface area (Å²) in [5.41, 5.74) is 2.07. The molecule has 0 bridgehead atoms. The van der Waals surface area contributed by atoms with E-state index in [4.69, 9.17) is 0 Å². The highest BCUT2D eigenvalue weighted by Crippen LogP contribution is 2.17. The van der Waals surface area contributed by atoms with Gasteiger partial charge in [-0.15, -0.1) is 0 Å². The van der Waals surface area contributed by atoms with E-state index in [2.05, 4.69) is 30.5 Å². The largest absolute Gasteiger partial charge is 0.324 e. The number of carbonyl (C=O) groups excluding carboxylic acids is 1. The molecule has 1 unspecified atom stereocenters. The molecule has 1 aromatic carbocycles. The first-order valence-corrected chi connectivity index (χ1v) is 7.54. The average Bonchev–Trinajstić information content (AvgIpc) is 2.45. The lowest BCUT2D eigenvalue weighted by molar-refractivity contribution is 0.182. The summed E-state index contributed by atoms with van der Waals surface area (Å²) >= 11 is 0. The standard InChI is InChI=1S/C16H25N3O/c1-3-17-11-14-7-4-8-15(10-14)18-16(20)19-9-5-6-13(2)12-19/h4,7-8,10,13,17H,3,5-6,9,11-12H2,1-2H3,(H,18,20). The fourth-order valence-corrected chi connectivity index (χ4v) is 2.60. The van der Waals surface area contributed by atoms with Crippen LogP contribution in [0.3, 0.4) is 0 Å². The van der Waals surface area contributed by atoms with E-state index >= 15 is 0 Å². The maximum absolute atomic E-state index is 12.2. The van der Waals surface area contributed by atoms with Crippen molar-refractivity contribution in [2.45, 2.75) is 33.2 Å². The molecule has 1 atom stereocenters. The Morgan fingerprint density at radius 3 is 3.05 bits per heavy atom. The number of likely N-dealkylation sites (tertiary alicyclic amines) is 1. The summed E-state index contributed by atoms with van der Waals surface area (Å²) in [4.78, 5) is 14.2. The highest BCUT2D eigenvalue weighted by atomic mass is 16.2. The summed E-state index contributed by atoms with van der Waals surface area (Å²) < 4.78 is 0. The molecule has 1 aliphatic rings. The van der Waals surface area contributed by atoms with E-state index in [0.717, 1.165) is 38.3 Å². The van der Waals surface area contributed by atoms with Crippen molar-refractivity contribution in [3.05, 3.63) is 29.8 Å². The van der Waals surface area contributed by atoms with Crippen LogP contribution in [0.4, 0.5) is 10.5 Å². The van der Waals surface area contributed by atoms with Crippen LogP contribution in [0, 0.1) is 5.92 Å². The van der Waals surface area contributed by atoms with Crippen molar-refractivity contribution >= 4 is 11.7 Å². The first kappa shape index (κ1) is 14.9. The number of carbonyl (C=O) groups is 1. The number of nitrogens with zero attached hydrogens (tertiary/aromatic N) is 1. The number of hydrogen-bond donors (Lipinski definition) is 2. The molecule has 4 nitrogen and oxygen atoms in total. The Labute approximate surface area is 121 Å². The van der Waals surface area contributed by atoms with Crippen LogP contribution in [0.1, 0.15) is 32.3 Å². The normalized spacial score (nSPS) is 18.9. The van der Waals surface area contributed by atoms with Gasteiger partial charge in [0.05, 0.1) is 0 Å². The molecule has 1 fully saturated rings. The Kier molecular flexibility index (Phi) is 5.41. The summed E-state index contributed by atoms with van der Waals surface area (Å²) in [6.07, 6.45) is 2.33. The van der Waals surface area contributed by atoms with Crippen LogP contribution in [-0.4, -0.2) is 30.6 Å². The zero-order valence-corrected chi connectivity index (χ0v) is 12.5. The zero-order valence-electron chi connectivity index (χ0n) is 12.5. The molecule has 2 rings (SSSR count). The number of urea groups is 1. The molecule has 1 aliphatic heterocycles. The van der Waals surface area contributed by atoms with E-state index in [1.54, 1.807) is 0 Å². The van der Waals surface area contributed by atoms with Crippen molar-refractivity contribution in [1.82, 2.24) is 10.2 Å². The summed E-state index contributed by atoms with van der Waals surface area (Å²) in [6, 6.07) is 8.06. The number of amides is 2. The van der Waals surface area contributed by atoms with Gasteiger partial charge in [-0.05, 0) is 43.0 Å². The minimum atomic E-state index is 0.0251. The van der Waals surface area contributed by atoms with E-state index in [1.165, 1.54) is 12.0 Å². The Balaban J connectivity index is 1.93. The third-order valence-electron chi connectivity index (χ3n) is 3.70. The number of hydrogen-bond acceptors (Lipinski definition) is 2. The quantitative estimate of drug-likeness (QED) is 0.887. The van der Waals surface area contributed by atoms with E-state index in [0.29, 0.717) is 5.92 Å². The van der Waals surface area contributed by atoms with Crippen LogP contribution in [0.15, 0.2) is 24.3 Å². The molecular formula is C16H25N3O. The second-order valence-corrected chi connectivity index (χ2v) is 5.60. The molecule has 20 heavy (non-hydrogen) atoms. The van der Waals surface area contributed by atoms with Crippen molar-refractivity contribution in [2.75, 3.05) is 25.0 Å². The van der Waals surface area contributed by atoms with Crippen LogP contribution >= 0.6 is 0 Å². The lowest BCUT2D eigenvalue weighted by Crippen LogP contribution is -2.41. The SMILES string of the molecule is CCNCc1cccc(NC(=O)N2CCCC(C)C2)c1. The van der Waals surface area contributed by atoms with Crippen LogP contribution in [0.25, 0.3) is 0 Å². The van der Waals surface area contributed by atoms with Gasteiger partial charge < -0.3 is 15.5 Å². The number of rotatable bonds is 4. The molecule has 1 aromatic rings. The fourth-order valence-electron chi connectivity index (χ4n) is 2.60. The highest BCUT2D eigenvalue weighted by Gasteiger charge is 2.20. The molecule has 0 spiro atoms. The summed E-state index contributed by atoms with van der Waals surface area (Å²) in [6.45, 7) is 7.80. The minimum Gasteiger partial charge on any atom is -0.324 e. The van der Waals surface area contributed by atoms with Crippen molar-refractivity contribution in [3.63, 3.8) is 0 Å². The van der Waals surface area contributed by atoms with E-state index < -0.39 is 0 Å². The predicted octanol–water partition coefficient (Wildman–Crippen LogP) is 3.06. The number of benzene rings is 1. The predicted molar refractivity (Wildman–Crippen MR) is 82.8 cm³/mol. The van der Waals surface area contributed by atoms with Crippen LogP contribution in [-0.2, 0) is 6.54 Å². The van der Waals surface area contributed by atoms with Gasteiger partial charge in [-0.2, -0.15) is 0 Å². The van der Waals surface area contributed by atoms with Crippen LogP contribution in [0.2, 0.25) is 0 Å². The van der Waals surface area contributed by atoms with Gasteiger partial charge in [0, 0.05) is 25.3 Å². The van der Waals surface area contributed by atoms with Crippen molar-refractivity contribution in [3.8, 4) is 0 Å². The molecule has 1 saturated heterocycles. The topological polar surface area (TPSA) is 44.4 Å². The Morgan fingerprint density at radius 2 is 2.30 bits per heavy atom. The first-order chi connectivity index (χ1) is 9.69. The van der Waals surface area contributed by atoms with Gasteiger partial charge in [-0.25, -0.2) is 4.79 Å². The summed E-state index contributed by atoms with van der Waals surface area (Å²) in [7, 11) is 0. The maximum atomic E-state index is 12.2. The molecule has 110 valence electrons. The lowest BCUT2D eigenvalue weighted by Gasteiger charge is -2.31. The van der Waals surface area contributed by atoms with E-state index in [9.17, 15) is 4.79 Å². The van der Waals surface area contributed by atoms with Gasteiger partial charge in [0.2, 0.25) is 0 Å². The van der Waals surface area contributed by atoms with Gasteiger partial charge in [-0.1, -0.05) is 26.0 Å². The minimum absolute atomic E-state index is 0.0251. The van der Waals surface area contributed by atoms with Gasteiger partial charge in [0.1, 0.15) is 0 Å². The molecule has 1 heterocycles. The smallest absolute Gasteiger partial charge is 0.321 e. The summed E-state index contributed by atoms with van der Waals surface area (Å²) in [5.74, 6) is 0.606. The Hall–Kier alpha value is -1.55. The average molecular weight is 275 g/mol. The molecular weight excluding hydrogens is 250 g/mol. The molecule has 0 aromatic heterocycles. The van der Waals surface area contributed by atoms with Crippen LogP contribution in [0.5, 0.6) is 0 Å². The van der Waals surface area contributed by atoms with Crippen molar-refractivity contribution < 1.29 is 4.79 Å². The fraction of sp³-hybridized carbons (Fsp3) is 0.562. The van der Waals surface area contributed by atoms with Crippen molar-refractivity contribution in [2.24, 2.45) is 5.92 Å². The zero-order chi connectivity index (χ0) is 14.4. The van der Waals surface area contributed by atoms with Crippen molar-refractivity contribution in [1.29, 1.82) is 0 Å². The molecule has 2 N–H and O–H groups in total. The second kappa shape index (κ2) is 7.29. The number of nitrogens with one attached hydrogen (secondary N) is 2. The lowest BCUT2D eigenvalue weighted by atomic mass is 10.0. The molecule has 4 heteroatoms. The maximum Gasteiger partial charge on any atom is 0.321 e. The van der Waals surface area contributed by atoms with Crippen LogP contribution < -0.4 is 10.6 Å². The number of anilines is 1. The first-order valence-electron chi connectivity index (χ1n) is 7.54. The monoisotopic (exact) mass is 275 g/mol. The third-order valence-corrected chi connectivity index (χ3v) is 3.70. The molecule has 0 saturated carbocycles. The van der Waals surface area contributed by atoms with E-state index in [-0.39, 0.29) is 6.03 Å². The highest BCUT2D eigenvalue weighted by molar-refractivity contribution is 5.89. The Morgan fingerprint density at radius 1 is 1.45 bits per heavy atom. The summed E-state index contributed by atoms with van der Waals surface area (Å²) in [5, 5.41) is 6.30. The Bertz CT molecular complexity index is 447. The van der Waals surface area contributed by atoms with Gasteiger partial charge in [-0.3, -0.25) is 0 Å². The van der Waals surface area contributed by atoms with Gasteiger partial charge in [0.25, 0.3) is 0 Å². The van der Waals surface area contributed by atoms with E-state index in [1.807, 2.05) is 23.1 Å². The third kappa shape index (κ3) is 4.23. The second-order valence-electron chi connectivity index (χ2n) is 5.60. The van der Waals surface area contributed by atoms with Gasteiger partial charge >= 0.3 is 6.03 Å². The molecule has 0 radical (unpaired) electrons.